The van der Waals surface area contributed by atoms with Crippen LogP contribution in [-0.2, 0) is 14.3 Å². The molecule has 0 unspecified atom stereocenters. The van der Waals surface area contributed by atoms with Crippen molar-refractivity contribution >= 4 is 28.2 Å². The van der Waals surface area contributed by atoms with Crippen molar-refractivity contribution in [2.75, 3.05) is 32.8 Å². The van der Waals surface area contributed by atoms with Crippen molar-refractivity contribution in [1.82, 2.24) is 0 Å². The number of ether oxygens (including phenoxy) is 4. The highest BCUT2D eigenvalue weighted by Gasteiger charge is 2.28. The molecule has 3 rings (SSSR count). The van der Waals surface area contributed by atoms with Crippen LogP contribution in [0, 0.1) is 0 Å². The maximum Gasteiger partial charge on any atom is 0.341 e. The molecule has 1 aromatic heterocycles. The fraction of sp³-hybridized carbons (Fsp3) is 0.400. The van der Waals surface area contributed by atoms with Gasteiger partial charge >= 0.3 is 5.97 Å². The molecule has 0 spiro atoms. The van der Waals surface area contributed by atoms with Gasteiger partial charge in [0.2, 0.25) is 0 Å². The van der Waals surface area contributed by atoms with Crippen molar-refractivity contribution in [3.63, 3.8) is 0 Å². The normalized spacial score (nSPS) is 15.9. The predicted octanol–water partition coefficient (Wildman–Crippen LogP) is 3.73. The average molecular weight is 405 g/mol. The van der Waals surface area contributed by atoms with Crippen LogP contribution >= 0.6 is 11.3 Å². The number of anilines is 1. The van der Waals surface area contributed by atoms with Crippen LogP contribution in [0.5, 0.6) is 11.5 Å². The third kappa shape index (κ3) is 4.13. The molecule has 1 aromatic carbocycles. The van der Waals surface area contributed by atoms with Crippen molar-refractivity contribution in [3.05, 3.63) is 29.1 Å². The van der Waals surface area contributed by atoms with Crippen LogP contribution in [0.2, 0.25) is 0 Å². The molecular weight excluding hydrogens is 382 g/mol. The Morgan fingerprint density at radius 3 is 2.68 bits per heavy atom. The summed E-state index contributed by atoms with van der Waals surface area (Å²) in [6, 6.07) is 5.39. The Morgan fingerprint density at radius 1 is 1.25 bits per heavy atom. The number of methoxy groups -OCH3 is 2. The standard InChI is InChI=1S/C20H23NO6S/c1-4-26-20(23)17-13(12-7-8-14(24-2)16(10-12)25-3)11-28-19(17)21-18(22)15-6-5-9-27-15/h7-8,10-11,15H,4-6,9H2,1-3H3,(H,21,22)/t15-/m0/s1. The average Bonchev–Trinajstić information content (AvgIpc) is 3.37. The molecular formula is C20H23NO6S. The van der Waals surface area contributed by atoms with Crippen molar-refractivity contribution in [2.45, 2.75) is 25.9 Å². The van der Waals surface area contributed by atoms with E-state index in [-0.39, 0.29) is 12.5 Å². The van der Waals surface area contributed by atoms with Gasteiger partial charge in [-0.3, -0.25) is 4.79 Å². The quantitative estimate of drug-likeness (QED) is 0.707. The van der Waals surface area contributed by atoms with Gasteiger partial charge in [0, 0.05) is 17.6 Å². The number of hydrogen-bond acceptors (Lipinski definition) is 7. The second-order valence-corrected chi connectivity index (χ2v) is 7.01. The molecule has 2 heterocycles. The van der Waals surface area contributed by atoms with Crippen LogP contribution in [-0.4, -0.2) is 45.4 Å². The lowest BCUT2D eigenvalue weighted by Crippen LogP contribution is -2.27. The number of hydrogen-bond donors (Lipinski definition) is 1. The van der Waals surface area contributed by atoms with Gasteiger partial charge in [0.15, 0.2) is 11.5 Å². The Balaban J connectivity index is 1.98. The van der Waals surface area contributed by atoms with Gasteiger partial charge in [-0.15, -0.1) is 11.3 Å². The van der Waals surface area contributed by atoms with E-state index in [2.05, 4.69) is 5.32 Å². The number of nitrogens with one attached hydrogen (secondary N) is 1. The highest BCUT2D eigenvalue weighted by atomic mass is 32.1. The topological polar surface area (TPSA) is 83.1 Å². The van der Waals surface area contributed by atoms with Gasteiger partial charge in [-0.2, -0.15) is 0 Å². The first kappa shape index (κ1) is 20.2. The monoisotopic (exact) mass is 405 g/mol. The van der Waals surface area contributed by atoms with E-state index < -0.39 is 12.1 Å². The van der Waals surface area contributed by atoms with Gasteiger partial charge in [-0.1, -0.05) is 6.07 Å². The zero-order chi connectivity index (χ0) is 20.1. The molecule has 7 nitrogen and oxygen atoms in total. The molecule has 1 atom stereocenters. The van der Waals surface area contributed by atoms with Crippen LogP contribution < -0.4 is 14.8 Å². The number of amides is 1. The van der Waals surface area contributed by atoms with Crippen LogP contribution in [0.25, 0.3) is 11.1 Å². The van der Waals surface area contributed by atoms with E-state index in [0.29, 0.717) is 40.7 Å². The molecule has 2 aromatic rings. The number of carbonyl (C=O) groups excluding carboxylic acids is 2. The lowest BCUT2D eigenvalue weighted by atomic mass is 10.0. The second kappa shape index (κ2) is 9.07. The van der Waals surface area contributed by atoms with Gasteiger partial charge in [-0.05, 0) is 37.5 Å². The zero-order valence-electron chi connectivity index (χ0n) is 16.1. The van der Waals surface area contributed by atoms with Gasteiger partial charge < -0.3 is 24.3 Å². The van der Waals surface area contributed by atoms with Gasteiger partial charge in [0.05, 0.1) is 20.8 Å². The van der Waals surface area contributed by atoms with Crippen LogP contribution in [0.3, 0.4) is 0 Å². The summed E-state index contributed by atoms with van der Waals surface area (Å²) in [4.78, 5) is 25.1. The van der Waals surface area contributed by atoms with Crippen LogP contribution in [0.1, 0.15) is 30.1 Å². The predicted molar refractivity (Wildman–Crippen MR) is 106 cm³/mol. The summed E-state index contributed by atoms with van der Waals surface area (Å²) in [5, 5.41) is 5.10. The summed E-state index contributed by atoms with van der Waals surface area (Å²) in [6.07, 6.45) is 1.04. The van der Waals surface area contributed by atoms with Gasteiger partial charge in [0.1, 0.15) is 16.7 Å². The van der Waals surface area contributed by atoms with E-state index in [9.17, 15) is 9.59 Å². The Bertz CT molecular complexity index is 856. The fourth-order valence-corrected chi connectivity index (χ4v) is 4.01. The summed E-state index contributed by atoms with van der Waals surface area (Å²) < 4.78 is 21.3. The summed E-state index contributed by atoms with van der Waals surface area (Å²) in [5.74, 6) is 0.400. The largest absolute Gasteiger partial charge is 0.493 e. The lowest BCUT2D eigenvalue weighted by molar-refractivity contribution is -0.124. The number of carbonyl (C=O) groups is 2. The number of thiophene rings is 1. The smallest absolute Gasteiger partial charge is 0.341 e. The first-order valence-electron chi connectivity index (χ1n) is 9.02. The zero-order valence-corrected chi connectivity index (χ0v) is 16.9. The molecule has 1 saturated heterocycles. The van der Waals surface area contributed by atoms with Gasteiger partial charge in [-0.25, -0.2) is 4.79 Å². The Kier molecular flexibility index (Phi) is 6.53. The minimum atomic E-state index is -0.490. The Hall–Kier alpha value is -2.58. The SMILES string of the molecule is CCOC(=O)c1c(-c2ccc(OC)c(OC)c2)csc1NC(=O)[C@@H]1CCCO1. The van der Waals surface area contributed by atoms with E-state index >= 15 is 0 Å². The summed E-state index contributed by atoms with van der Waals surface area (Å²) >= 11 is 1.28. The molecule has 0 saturated carbocycles. The third-order valence-electron chi connectivity index (χ3n) is 4.42. The van der Waals surface area contributed by atoms with Gasteiger partial charge in [0.25, 0.3) is 5.91 Å². The molecule has 1 amide bonds. The molecule has 0 radical (unpaired) electrons. The third-order valence-corrected chi connectivity index (χ3v) is 5.32. The van der Waals surface area contributed by atoms with Crippen molar-refractivity contribution in [1.29, 1.82) is 0 Å². The molecule has 8 heteroatoms. The maximum absolute atomic E-state index is 12.6. The molecule has 1 N–H and O–H groups in total. The maximum atomic E-state index is 12.6. The van der Waals surface area contributed by atoms with E-state index in [1.807, 2.05) is 11.4 Å². The number of esters is 1. The highest BCUT2D eigenvalue weighted by molar-refractivity contribution is 7.15. The first-order valence-corrected chi connectivity index (χ1v) is 9.90. The minimum Gasteiger partial charge on any atom is -0.493 e. The highest BCUT2D eigenvalue weighted by Crippen LogP contribution is 2.39. The molecule has 1 aliphatic rings. The fourth-order valence-electron chi connectivity index (χ4n) is 3.05. The minimum absolute atomic E-state index is 0.235. The molecule has 28 heavy (non-hydrogen) atoms. The van der Waals surface area contributed by atoms with Crippen LogP contribution in [0.4, 0.5) is 5.00 Å². The Morgan fingerprint density at radius 2 is 2.04 bits per heavy atom. The van der Waals surface area contributed by atoms with Crippen LogP contribution in [0.15, 0.2) is 23.6 Å². The number of benzene rings is 1. The summed E-state index contributed by atoms with van der Waals surface area (Å²) in [7, 11) is 3.11. The Labute approximate surface area is 167 Å². The van der Waals surface area contributed by atoms with E-state index in [0.717, 1.165) is 12.0 Å². The van der Waals surface area contributed by atoms with Crippen molar-refractivity contribution in [2.24, 2.45) is 0 Å². The summed E-state index contributed by atoms with van der Waals surface area (Å²) in [5.41, 5.74) is 1.74. The molecule has 1 fully saturated rings. The molecule has 0 bridgehead atoms. The summed E-state index contributed by atoms with van der Waals surface area (Å²) in [6.45, 7) is 2.55. The molecule has 0 aliphatic carbocycles. The number of rotatable bonds is 7. The molecule has 1 aliphatic heterocycles. The van der Waals surface area contributed by atoms with E-state index in [1.165, 1.54) is 11.3 Å². The lowest BCUT2D eigenvalue weighted by Gasteiger charge is -2.12. The van der Waals surface area contributed by atoms with Crippen molar-refractivity contribution in [3.8, 4) is 22.6 Å². The van der Waals surface area contributed by atoms with E-state index in [4.69, 9.17) is 18.9 Å². The van der Waals surface area contributed by atoms with E-state index in [1.54, 1.807) is 33.3 Å². The molecule has 150 valence electrons. The first-order chi connectivity index (χ1) is 13.6. The van der Waals surface area contributed by atoms with Crippen molar-refractivity contribution < 1.29 is 28.5 Å². The second-order valence-electron chi connectivity index (χ2n) is 6.13.